The molecule has 2 rings (SSSR count). The third kappa shape index (κ3) is 2.92. The Morgan fingerprint density at radius 2 is 1.61 bits per heavy atom. The normalized spacial score (nSPS) is 11.8. The highest BCUT2D eigenvalue weighted by atomic mass is 79.9. The van der Waals surface area contributed by atoms with Crippen molar-refractivity contribution < 1.29 is 13.2 Å². The van der Waals surface area contributed by atoms with Crippen LogP contribution in [0.2, 0.25) is 0 Å². The van der Waals surface area contributed by atoms with E-state index in [2.05, 4.69) is 42.1 Å². The second kappa shape index (κ2) is 5.00. The molecule has 0 fully saturated rings. The highest BCUT2D eigenvalue weighted by molar-refractivity contribution is 9.13. The van der Waals surface area contributed by atoms with Crippen LogP contribution in [0.1, 0.15) is 11.1 Å². The van der Waals surface area contributed by atoms with E-state index in [1.807, 2.05) is 0 Å². The number of rotatable bonds is 2. The number of benzene rings is 1. The summed E-state index contributed by atoms with van der Waals surface area (Å²) in [6.45, 7) is -0.0418. The summed E-state index contributed by atoms with van der Waals surface area (Å²) < 4.78 is 39.2. The molecule has 8 heteroatoms. The minimum atomic E-state index is -4.38. The average molecular weight is 385 g/mol. The van der Waals surface area contributed by atoms with Crippen molar-refractivity contribution >= 4 is 31.9 Å². The SMILES string of the molecule is FC(F)(F)c1ccccc1Cn1nc(Br)c(Br)n1. The molecule has 3 nitrogen and oxygen atoms in total. The van der Waals surface area contributed by atoms with E-state index in [9.17, 15) is 13.2 Å². The Balaban J connectivity index is 2.35. The lowest BCUT2D eigenvalue weighted by molar-refractivity contribution is -0.138. The van der Waals surface area contributed by atoms with E-state index in [0.29, 0.717) is 9.21 Å². The van der Waals surface area contributed by atoms with Gasteiger partial charge in [0.1, 0.15) is 0 Å². The Morgan fingerprint density at radius 3 is 2.17 bits per heavy atom. The van der Waals surface area contributed by atoms with Crippen molar-refractivity contribution in [1.29, 1.82) is 0 Å². The molecule has 0 aliphatic carbocycles. The second-order valence-corrected chi connectivity index (χ2v) is 4.97. The van der Waals surface area contributed by atoms with Gasteiger partial charge >= 0.3 is 6.18 Å². The molecular formula is C10H6Br2F3N3. The van der Waals surface area contributed by atoms with Crippen LogP contribution in [0.5, 0.6) is 0 Å². The Labute approximate surface area is 117 Å². The van der Waals surface area contributed by atoms with Crippen LogP contribution >= 0.6 is 31.9 Å². The molecule has 0 aliphatic heterocycles. The fourth-order valence-electron chi connectivity index (χ4n) is 1.47. The second-order valence-electron chi connectivity index (χ2n) is 3.47. The Hall–Kier alpha value is -0.890. The summed E-state index contributed by atoms with van der Waals surface area (Å²) >= 11 is 6.25. The molecule has 1 heterocycles. The van der Waals surface area contributed by atoms with Crippen molar-refractivity contribution in [3.05, 3.63) is 44.6 Å². The van der Waals surface area contributed by atoms with Gasteiger partial charge < -0.3 is 0 Å². The highest BCUT2D eigenvalue weighted by Gasteiger charge is 2.33. The first-order valence-corrected chi connectivity index (χ1v) is 6.38. The predicted molar refractivity (Wildman–Crippen MR) is 66.0 cm³/mol. The molecule has 0 atom stereocenters. The van der Waals surface area contributed by atoms with E-state index in [-0.39, 0.29) is 12.1 Å². The van der Waals surface area contributed by atoms with Gasteiger partial charge in [-0.2, -0.15) is 18.0 Å². The van der Waals surface area contributed by atoms with Gasteiger partial charge in [-0.3, -0.25) is 0 Å². The van der Waals surface area contributed by atoms with Crippen molar-refractivity contribution in [2.45, 2.75) is 12.7 Å². The molecule has 0 bridgehead atoms. The molecule has 1 aromatic heterocycles. The van der Waals surface area contributed by atoms with E-state index in [4.69, 9.17) is 0 Å². The molecule has 96 valence electrons. The lowest BCUT2D eigenvalue weighted by Gasteiger charge is -2.11. The zero-order valence-electron chi connectivity index (χ0n) is 8.75. The topological polar surface area (TPSA) is 30.7 Å². The Morgan fingerprint density at radius 1 is 1.06 bits per heavy atom. The first-order chi connectivity index (χ1) is 8.38. The number of aromatic nitrogens is 3. The van der Waals surface area contributed by atoms with Gasteiger partial charge in [0, 0.05) is 0 Å². The monoisotopic (exact) mass is 383 g/mol. The van der Waals surface area contributed by atoms with Crippen LogP contribution in [-0.4, -0.2) is 15.0 Å². The van der Waals surface area contributed by atoms with E-state index in [0.717, 1.165) is 6.07 Å². The zero-order valence-corrected chi connectivity index (χ0v) is 11.9. The molecular weight excluding hydrogens is 379 g/mol. The third-order valence-electron chi connectivity index (χ3n) is 2.21. The van der Waals surface area contributed by atoms with E-state index in [1.54, 1.807) is 6.07 Å². The number of hydrogen-bond acceptors (Lipinski definition) is 2. The van der Waals surface area contributed by atoms with Crippen LogP contribution in [-0.2, 0) is 12.7 Å². The molecule has 18 heavy (non-hydrogen) atoms. The van der Waals surface area contributed by atoms with Gasteiger partial charge in [0.25, 0.3) is 0 Å². The quantitative estimate of drug-likeness (QED) is 0.786. The predicted octanol–water partition coefficient (Wildman–Crippen LogP) is 3.87. The smallest absolute Gasteiger partial charge is 0.178 e. The molecule has 1 aromatic carbocycles. The van der Waals surface area contributed by atoms with Crippen LogP contribution in [0, 0.1) is 0 Å². The van der Waals surface area contributed by atoms with Gasteiger partial charge in [0.05, 0.1) is 12.1 Å². The van der Waals surface area contributed by atoms with Crippen molar-refractivity contribution in [3.63, 3.8) is 0 Å². The third-order valence-corrected chi connectivity index (χ3v) is 3.81. The highest BCUT2D eigenvalue weighted by Crippen LogP contribution is 2.32. The molecule has 0 aliphatic rings. The maximum absolute atomic E-state index is 12.8. The fourth-order valence-corrected chi connectivity index (χ4v) is 1.99. The van der Waals surface area contributed by atoms with Crippen LogP contribution in [0.4, 0.5) is 13.2 Å². The molecule has 0 radical (unpaired) electrons. The minimum absolute atomic E-state index is 0.0418. The standard InChI is InChI=1S/C10H6Br2F3N3/c11-8-9(12)17-18(16-8)5-6-3-1-2-4-7(6)10(13,14)15/h1-4H,5H2. The minimum Gasteiger partial charge on any atom is -0.178 e. The zero-order chi connectivity index (χ0) is 13.3. The molecule has 0 spiro atoms. The van der Waals surface area contributed by atoms with Crippen molar-refractivity contribution in [2.24, 2.45) is 0 Å². The van der Waals surface area contributed by atoms with Gasteiger partial charge in [-0.25, -0.2) is 0 Å². The Bertz CT molecular complexity index is 546. The summed E-state index contributed by atoms with van der Waals surface area (Å²) in [7, 11) is 0. The summed E-state index contributed by atoms with van der Waals surface area (Å²) in [6.07, 6.45) is -4.38. The first kappa shape index (κ1) is 13.5. The van der Waals surface area contributed by atoms with Gasteiger partial charge in [0.2, 0.25) is 0 Å². The average Bonchev–Trinajstić information content (AvgIpc) is 2.57. The van der Waals surface area contributed by atoms with Crippen LogP contribution in [0.3, 0.4) is 0 Å². The summed E-state index contributed by atoms with van der Waals surface area (Å²) in [4.78, 5) is 1.19. The van der Waals surface area contributed by atoms with Crippen LogP contribution in [0.25, 0.3) is 0 Å². The first-order valence-electron chi connectivity index (χ1n) is 4.79. The Kier molecular flexibility index (Phi) is 3.76. The van der Waals surface area contributed by atoms with E-state index in [1.165, 1.54) is 16.9 Å². The van der Waals surface area contributed by atoms with Gasteiger partial charge in [-0.1, -0.05) is 18.2 Å². The molecule has 0 saturated carbocycles. The van der Waals surface area contributed by atoms with Crippen LogP contribution < -0.4 is 0 Å². The lowest BCUT2D eigenvalue weighted by Crippen LogP contribution is -2.12. The van der Waals surface area contributed by atoms with E-state index < -0.39 is 11.7 Å². The summed E-state index contributed by atoms with van der Waals surface area (Å²) in [6, 6.07) is 5.36. The fraction of sp³-hybridized carbons (Fsp3) is 0.200. The maximum Gasteiger partial charge on any atom is 0.416 e. The summed E-state index contributed by atoms with van der Waals surface area (Å²) in [5, 5.41) is 7.87. The summed E-state index contributed by atoms with van der Waals surface area (Å²) in [5.74, 6) is 0. The number of alkyl halides is 3. The molecule has 0 saturated heterocycles. The largest absolute Gasteiger partial charge is 0.416 e. The molecule has 0 N–H and O–H groups in total. The van der Waals surface area contributed by atoms with Gasteiger partial charge in [-0.15, -0.1) is 10.2 Å². The van der Waals surface area contributed by atoms with Crippen molar-refractivity contribution in [2.75, 3.05) is 0 Å². The summed E-state index contributed by atoms with van der Waals surface area (Å²) in [5.41, 5.74) is -0.547. The number of nitrogens with zero attached hydrogens (tertiary/aromatic N) is 3. The lowest BCUT2D eigenvalue weighted by atomic mass is 10.1. The molecule has 2 aromatic rings. The van der Waals surface area contributed by atoms with Gasteiger partial charge in [-0.05, 0) is 43.5 Å². The van der Waals surface area contributed by atoms with Gasteiger partial charge in [0.15, 0.2) is 9.21 Å². The van der Waals surface area contributed by atoms with Crippen molar-refractivity contribution in [1.82, 2.24) is 15.0 Å². The maximum atomic E-state index is 12.8. The molecule has 0 amide bonds. The molecule has 0 unspecified atom stereocenters. The number of hydrogen-bond donors (Lipinski definition) is 0. The van der Waals surface area contributed by atoms with E-state index >= 15 is 0 Å². The van der Waals surface area contributed by atoms with Crippen LogP contribution in [0.15, 0.2) is 33.5 Å². The van der Waals surface area contributed by atoms with Crippen molar-refractivity contribution in [3.8, 4) is 0 Å². The number of halogens is 5.